The fourth-order valence-electron chi connectivity index (χ4n) is 2.34. The van der Waals surface area contributed by atoms with Crippen LogP contribution in [0.2, 0.25) is 0 Å². The number of carbonyl (C=O) groups is 1. The molecule has 0 spiro atoms. The molecule has 5 nitrogen and oxygen atoms in total. The van der Waals surface area contributed by atoms with Crippen molar-refractivity contribution < 1.29 is 9.18 Å². The number of aromatic nitrogens is 2. The molecule has 1 aromatic heterocycles. The molecule has 0 unspecified atom stereocenters. The van der Waals surface area contributed by atoms with E-state index in [0.29, 0.717) is 11.6 Å². The number of benzene rings is 2. The summed E-state index contributed by atoms with van der Waals surface area (Å²) in [4.78, 5) is 22.9. The van der Waals surface area contributed by atoms with E-state index in [1.54, 1.807) is 30.0 Å². The van der Waals surface area contributed by atoms with Crippen molar-refractivity contribution in [2.45, 2.75) is 6.92 Å². The van der Waals surface area contributed by atoms with Crippen LogP contribution in [0.15, 0.2) is 60.7 Å². The summed E-state index contributed by atoms with van der Waals surface area (Å²) in [5.41, 5.74) is 1.83. The first-order valence-electron chi connectivity index (χ1n) is 7.75. The van der Waals surface area contributed by atoms with Gasteiger partial charge >= 0.3 is 0 Å². The molecule has 0 bridgehead atoms. The Kier molecular flexibility index (Phi) is 4.70. The zero-order chi connectivity index (χ0) is 17.8. The number of hydrogen-bond donors (Lipinski definition) is 1. The van der Waals surface area contributed by atoms with Crippen LogP contribution in [0.4, 0.5) is 21.7 Å². The zero-order valence-corrected chi connectivity index (χ0v) is 13.9. The third-order valence-corrected chi connectivity index (χ3v) is 3.64. The molecular weight excluding hydrogens is 319 g/mol. The van der Waals surface area contributed by atoms with E-state index in [-0.39, 0.29) is 11.4 Å². The summed E-state index contributed by atoms with van der Waals surface area (Å²) in [6.07, 6.45) is 0. The van der Waals surface area contributed by atoms with Gasteiger partial charge in [0, 0.05) is 18.4 Å². The molecule has 0 aliphatic rings. The molecule has 1 heterocycles. The highest BCUT2D eigenvalue weighted by atomic mass is 19.1. The van der Waals surface area contributed by atoms with Gasteiger partial charge in [0.2, 0.25) is 5.95 Å². The molecule has 0 aliphatic heterocycles. The molecule has 126 valence electrons. The molecular formula is C19H17FN4O. The van der Waals surface area contributed by atoms with Crippen molar-refractivity contribution in [3.8, 4) is 0 Å². The van der Waals surface area contributed by atoms with E-state index in [0.717, 1.165) is 5.69 Å². The third-order valence-electron chi connectivity index (χ3n) is 3.64. The van der Waals surface area contributed by atoms with Crippen molar-refractivity contribution in [1.82, 2.24) is 9.97 Å². The number of rotatable bonds is 4. The van der Waals surface area contributed by atoms with Crippen molar-refractivity contribution in [2.75, 3.05) is 17.3 Å². The lowest BCUT2D eigenvalue weighted by Gasteiger charge is -2.18. The standard InChI is InChI=1S/C19H17FN4O/c1-13-12-17(18(25)22-16-11-7-6-10-15(16)20)23-19(21-13)24(2)14-8-4-3-5-9-14/h3-12H,1-2H3,(H,22,25). The van der Waals surface area contributed by atoms with Gasteiger partial charge in [0.25, 0.3) is 5.91 Å². The first-order chi connectivity index (χ1) is 12.0. The van der Waals surface area contributed by atoms with Gasteiger partial charge in [-0.05, 0) is 37.3 Å². The van der Waals surface area contributed by atoms with Crippen LogP contribution >= 0.6 is 0 Å². The van der Waals surface area contributed by atoms with Gasteiger partial charge in [-0.2, -0.15) is 0 Å². The fourth-order valence-corrected chi connectivity index (χ4v) is 2.34. The van der Waals surface area contributed by atoms with Crippen LogP contribution in [0.25, 0.3) is 0 Å². The average Bonchev–Trinajstić information content (AvgIpc) is 2.63. The van der Waals surface area contributed by atoms with Crippen LogP contribution in [-0.4, -0.2) is 22.9 Å². The van der Waals surface area contributed by atoms with E-state index in [1.807, 2.05) is 37.4 Å². The maximum absolute atomic E-state index is 13.7. The van der Waals surface area contributed by atoms with Crippen LogP contribution < -0.4 is 10.2 Å². The average molecular weight is 336 g/mol. The zero-order valence-electron chi connectivity index (χ0n) is 13.9. The van der Waals surface area contributed by atoms with Gasteiger partial charge in [-0.3, -0.25) is 4.79 Å². The Hall–Kier alpha value is -3.28. The van der Waals surface area contributed by atoms with E-state index >= 15 is 0 Å². The summed E-state index contributed by atoms with van der Waals surface area (Å²) in [5, 5.41) is 2.54. The summed E-state index contributed by atoms with van der Waals surface area (Å²) >= 11 is 0. The molecule has 1 amide bonds. The number of aryl methyl sites for hydroxylation is 1. The van der Waals surface area contributed by atoms with E-state index in [1.165, 1.54) is 12.1 Å². The predicted octanol–water partition coefficient (Wildman–Crippen LogP) is 3.94. The van der Waals surface area contributed by atoms with Gasteiger partial charge in [0.05, 0.1) is 5.69 Å². The molecule has 1 N–H and O–H groups in total. The monoisotopic (exact) mass is 336 g/mol. The van der Waals surface area contributed by atoms with Crippen LogP contribution in [0.3, 0.4) is 0 Å². The number of hydrogen-bond acceptors (Lipinski definition) is 4. The summed E-state index contributed by atoms with van der Waals surface area (Å²) < 4.78 is 13.7. The predicted molar refractivity (Wildman–Crippen MR) is 95.6 cm³/mol. The SMILES string of the molecule is Cc1cc(C(=O)Nc2ccccc2F)nc(N(C)c2ccccc2)n1. The summed E-state index contributed by atoms with van der Waals surface area (Å²) in [5.74, 6) is -0.591. The number of halogens is 1. The highest BCUT2D eigenvalue weighted by molar-refractivity contribution is 6.03. The fraction of sp³-hybridized carbons (Fsp3) is 0.105. The Bertz CT molecular complexity index is 899. The van der Waals surface area contributed by atoms with E-state index in [2.05, 4.69) is 15.3 Å². The van der Waals surface area contributed by atoms with E-state index in [9.17, 15) is 9.18 Å². The smallest absolute Gasteiger partial charge is 0.274 e. The number of nitrogens with one attached hydrogen (secondary N) is 1. The van der Waals surface area contributed by atoms with Gasteiger partial charge < -0.3 is 10.2 Å². The first-order valence-corrected chi connectivity index (χ1v) is 7.75. The van der Waals surface area contributed by atoms with Crippen LogP contribution in [-0.2, 0) is 0 Å². The van der Waals surface area contributed by atoms with Crippen LogP contribution in [0.1, 0.15) is 16.2 Å². The summed E-state index contributed by atoms with van der Waals surface area (Å²) in [6.45, 7) is 1.78. The summed E-state index contributed by atoms with van der Waals surface area (Å²) in [7, 11) is 1.82. The van der Waals surface area contributed by atoms with Gasteiger partial charge in [-0.15, -0.1) is 0 Å². The number of amides is 1. The Balaban J connectivity index is 1.89. The third kappa shape index (κ3) is 3.80. The Labute approximate surface area is 145 Å². The molecule has 0 atom stereocenters. The highest BCUT2D eigenvalue weighted by Crippen LogP contribution is 2.21. The molecule has 3 aromatic rings. The lowest BCUT2D eigenvalue weighted by molar-refractivity contribution is 0.102. The molecule has 2 aromatic carbocycles. The van der Waals surface area contributed by atoms with Crippen molar-refractivity contribution in [2.24, 2.45) is 0 Å². The minimum Gasteiger partial charge on any atom is -0.318 e. The maximum Gasteiger partial charge on any atom is 0.274 e. The number of carbonyl (C=O) groups excluding carboxylic acids is 1. The lowest BCUT2D eigenvalue weighted by Crippen LogP contribution is -2.19. The van der Waals surface area contributed by atoms with Crippen LogP contribution in [0, 0.1) is 12.7 Å². The van der Waals surface area contributed by atoms with Crippen molar-refractivity contribution in [1.29, 1.82) is 0 Å². The van der Waals surface area contributed by atoms with Crippen molar-refractivity contribution in [3.05, 3.63) is 77.9 Å². The minimum atomic E-state index is -0.497. The normalized spacial score (nSPS) is 10.4. The minimum absolute atomic E-state index is 0.113. The largest absolute Gasteiger partial charge is 0.318 e. The van der Waals surface area contributed by atoms with Crippen molar-refractivity contribution >= 4 is 23.2 Å². The van der Waals surface area contributed by atoms with Gasteiger partial charge in [-0.25, -0.2) is 14.4 Å². The topological polar surface area (TPSA) is 58.1 Å². The Morgan fingerprint density at radius 3 is 2.44 bits per heavy atom. The molecule has 0 aliphatic carbocycles. The number of anilines is 3. The molecule has 0 radical (unpaired) electrons. The highest BCUT2D eigenvalue weighted by Gasteiger charge is 2.15. The van der Waals surface area contributed by atoms with E-state index in [4.69, 9.17) is 0 Å². The van der Waals surface area contributed by atoms with Gasteiger partial charge in [-0.1, -0.05) is 30.3 Å². The van der Waals surface area contributed by atoms with Gasteiger partial charge in [0.1, 0.15) is 11.5 Å². The van der Waals surface area contributed by atoms with Gasteiger partial charge in [0.15, 0.2) is 0 Å². The molecule has 0 saturated carbocycles. The van der Waals surface area contributed by atoms with E-state index < -0.39 is 11.7 Å². The second kappa shape index (κ2) is 7.09. The second-order valence-electron chi connectivity index (χ2n) is 5.52. The molecule has 0 saturated heterocycles. The Morgan fingerprint density at radius 1 is 1.04 bits per heavy atom. The van der Waals surface area contributed by atoms with Crippen LogP contribution in [0.5, 0.6) is 0 Å². The lowest BCUT2D eigenvalue weighted by atomic mass is 10.2. The first kappa shape index (κ1) is 16.6. The Morgan fingerprint density at radius 2 is 1.72 bits per heavy atom. The quantitative estimate of drug-likeness (QED) is 0.784. The molecule has 6 heteroatoms. The second-order valence-corrected chi connectivity index (χ2v) is 5.52. The number of para-hydroxylation sites is 2. The maximum atomic E-state index is 13.7. The molecule has 0 fully saturated rings. The molecule has 3 rings (SSSR count). The molecule has 25 heavy (non-hydrogen) atoms. The summed E-state index contributed by atoms with van der Waals surface area (Å²) in [6, 6.07) is 17.1. The number of nitrogens with zero attached hydrogens (tertiary/aromatic N) is 3. The van der Waals surface area contributed by atoms with Crippen molar-refractivity contribution in [3.63, 3.8) is 0 Å².